The van der Waals surface area contributed by atoms with Gasteiger partial charge in [0, 0.05) is 28.6 Å². The molecule has 0 aliphatic heterocycles. The Hall–Kier alpha value is -2.92. The summed E-state index contributed by atoms with van der Waals surface area (Å²) in [4.78, 5) is 29.8. The standard InChI is InChI=1S/C27H31F6N3O3.Ni/c1-3-5-11-36(12-6-4-2)17-23(37)35-22-10-8-7-9-21(22)25(34-16-24(38)39)18-13-19(26(28,29)30)15-20(14-18)27(31,32)33;/h7-10,13-15H,3-6,11-12,16-17H2,1-2H3,(H2,34,35,37,38,39);/p-1. The fraction of sp³-hybridized carbons (Fsp3) is 0.444. The molecule has 2 aromatic carbocycles. The summed E-state index contributed by atoms with van der Waals surface area (Å²) in [6, 6.07) is 6.50. The minimum absolute atomic E-state index is 0. The van der Waals surface area contributed by atoms with Crippen LogP contribution in [0.4, 0.5) is 32.0 Å². The van der Waals surface area contributed by atoms with Gasteiger partial charge in [-0.1, -0.05) is 51.0 Å². The number of halogens is 6. The number of carbonyl (C=O) groups excluding carboxylic acids is 1. The molecule has 0 atom stereocenters. The van der Waals surface area contributed by atoms with E-state index >= 15 is 0 Å². The maximum absolute atomic E-state index is 13.5. The minimum atomic E-state index is -5.12. The second-order valence-corrected chi connectivity index (χ2v) is 8.86. The number of alkyl halides is 6. The van der Waals surface area contributed by atoms with Gasteiger partial charge in [0.1, 0.15) is 6.54 Å². The molecule has 2 aromatic rings. The average Bonchev–Trinajstić information content (AvgIpc) is 2.85. The molecule has 0 aromatic heterocycles. The summed E-state index contributed by atoms with van der Waals surface area (Å²) < 4.78 is 81.0. The van der Waals surface area contributed by atoms with E-state index in [1.165, 1.54) is 24.3 Å². The van der Waals surface area contributed by atoms with Crippen molar-refractivity contribution in [1.29, 1.82) is 0 Å². The molecule has 0 aliphatic carbocycles. The monoisotopic (exact) mass is 616 g/mol. The fourth-order valence-corrected chi connectivity index (χ4v) is 3.74. The van der Waals surface area contributed by atoms with E-state index in [1.54, 1.807) is 0 Å². The van der Waals surface area contributed by atoms with Gasteiger partial charge < -0.3 is 15.2 Å². The third-order valence-corrected chi connectivity index (χ3v) is 5.65. The van der Waals surface area contributed by atoms with E-state index in [0.29, 0.717) is 25.2 Å². The van der Waals surface area contributed by atoms with Crippen molar-refractivity contribution in [3.05, 3.63) is 70.0 Å². The number of carboxylic acids is 1. The molecule has 0 saturated heterocycles. The summed E-state index contributed by atoms with van der Waals surface area (Å²) in [5, 5.41) is 13.2. The first-order valence-corrected chi connectivity index (χ1v) is 12.4. The molecule has 40 heavy (non-hydrogen) atoms. The number of unbranched alkanes of at least 4 members (excludes halogenated alkanes) is 2. The number of carbonyl (C=O) groups is 2. The largest absolute Gasteiger partial charge is 0.625 e. The maximum Gasteiger partial charge on any atom is 0.416 e. The summed E-state index contributed by atoms with van der Waals surface area (Å²) in [5.74, 6) is -2.02. The van der Waals surface area contributed by atoms with Gasteiger partial charge in [0.2, 0.25) is 0 Å². The van der Waals surface area contributed by atoms with E-state index in [9.17, 15) is 35.9 Å². The van der Waals surface area contributed by atoms with Gasteiger partial charge in [-0.3, -0.25) is 14.7 Å². The smallest absolute Gasteiger partial charge is 0.416 e. The zero-order valence-electron chi connectivity index (χ0n) is 21.9. The Bertz CT molecular complexity index is 1130. The fourth-order valence-electron chi connectivity index (χ4n) is 3.74. The van der Waals surface area contributed by atoms with Gasteiger partial charge in [-0.2, -0.15) is 26.3 Å². The van der Waals surface area contributed by atoms with Crippen molar-refractivity contribution in [3.63, 3.8) is 0 Å². The predicted molar refractivity (Wildman–Crippen MR) is 135 cm³/mol. The molecule has 1 amide bonds. The Labute approximate surface area is 238 Å². The van der Waals surface area contributed by atoms with Crippen LogP contribution in [0.5, 0.6) is 0 Å². The van der Waals surface area contributed by atoms with Gasteiger partial charge in [-0.25, -0.2) is 0 Å². The molecule has 0 saturated carbocycles. The third kappa shape index (κ3) is 10.9. The minimum Gasteiger partial charge on any atom is -0.625 e. The number of rotatable bonds is 13. The van der Waals surface area contributed by atoms with Crippen LogP contribution in [0.3, 0.4) is 0 Å². The van der Waals surface area contributed by atoms with Crippen molar-refractivity contribution in [3.8, 4) is 0 Å². The van der Waals surface area contributed by atoms with Crippen LogP contribution < -0.4 is 0 Å². The van der Waals surface area contributed by atoms with Crippen LogP contribution in [0.2, 0.25) is 0 Å². The molecule has 0 fully saturated rings. The number of benzene rings is 2. The van der Waals surface area contributed by atoms with Crippen molar-refractivity contribution in [2.45, 2.75) is 51.9 Å². The number of aliphatic imine (C=N–C) groups is 1. The molecule has 6 nitrogen and oxygen atoms in total. The number of nitrogens with zero attached hydrogens (tertiary/aromatic N) is 3. The van der Waals surface area contributed by atoms with E-state index in [2.05, 4.69) is 10.3 Å². The molecular formula is C27H30F6N3NiO3-. The predicted octanol–water partition coefficient (Wildman–Crippen LogP) is 7.08. The maximum atomic E-state index is 13.5. The number of hydrogen-bond donors (Lipinski definition) is 1. The quantitative estimate of drug-likeness (QED) is 0.148. The normalized spacial score (nSPS) is 12.3. The Morgan fingerprint density at radius 1 is 0.900 bits per heavy atom. The molecule has 0 radical (unpaired) electrons. The van der Waals surface area contributed by atoms with Crippen LogP contribution in [0.15, 0.2) is 47.5 Å². The summed E-state index contributed by atoms with van der Waals surface area (Å²) in [6.45, 7) is 4.38. The Balaban J connectivity index is 0.00000800. The Morgan fingerprint density at radius 3 is 1.90 bits per heavy atom. The molecule has 0 aliphatic rings. The van der Waals surface area contributed by atoms with Gasteiger partial charge in [0.05, 0.1) is 22.7 Å². The molecule has 2 rings (SSSR count). The van der Waals surface area contributed by atoms with Crippen LogP contribution in [-0.4, -0.2) is 53.8 Å². The van der Waals surface area contributed by atoms with Gasteiger partial charge in [0.15, 0.2) is 0 Å². The van der Waals surface area contributed by atoms with E-state index in [1.807, 2.05) is 18.7 Å². The summed E-state index contributed by atoms with van der Waals surface area (Å²) in [6.07, 6.45) is -6.69. The molecule has 0 spiro atoms. The summed E-state index contributed by atoms with van der Waals surface area (Å²) in [5.41, 5.74) is -4.36. The molecule has 13 heteroatoms. The van der Waals surface area contributed by atoms with E-state index in [4.69, 9.17) is 5.11 Å². The average molecular weight is 617 g/mol. The van der Waals surface area contributed by atoms with Crippen molar-refractivity contribution >= 4 is 23.3 Å². The van der Waals surface area contributed by atoms with E-state index < -0.39 is 53.2 Å². The third-order valence-electron chi connectivity index (χ3n) is 5.65. The Morgan fingerprint density at radius 2 is 1.43 bits per heavy atom. The number of carboxylic acid groups (broad SMARTS) is 1. The van der Waals surface area contributed by atoms with E-state index in [0.717, 1.165) is 25.7 Å². The molecule has 1 N–H and O–H groups in total. The number of hydrogen-bond acceptors (Lipinski definition) is 4. The van der Waals surface area contributed by atoms with Gasteiger partial charge in [0.25, 0.3) is 0 Å². The number of para-hydroxylation sites is 1. The van der Waals surface area contributed by atoms with Crippen LogP contribution in [0.1, 0.15) is 61.8 Å². The zero-order chi connectivity index (χ0) is 29.2. The zero-order valence-corrected chi connectivity index (χ0v) is 22.9. The summed E-state index contributed by atoms with van der Waals surface area (Å²) >= 11 is 0. The van der Waals surface area contributed by atoms with Crippen molar-refractivity contribution in [1.82, 2.24) is 4.90 Å². The van der Waals surface area contributed by atoms with Crippen LogP contribution in [0.25, 0.3) is 5.32 Å². The van der Waals surface area contributed by atoms with Gasteiger partial charge >= 0.3 is 18.3 Å². The topological polar surface area (TPSA) is 84.1 Å². The number of aliphatic carboxylic acids is 1. The molecule has 224 valence electrons. The van der Waals surface area contributed by atoms with Crippen LogP contribution >= 0.6 is 0 Å². The first-order chi connectivity index (χ1) is 18.3. The van der Waals surface area contributed by atoms with Crippen molar-refractivity contribution in [2.24, 2.45) is 4.99 Å². The molecule has 0 heterocycles. The second-order valence-electron chi connectivity index (χ2n) is 8.86. The van der Waals surface area contributed by atoms with Gasteiger partial charge in [-0.05, 0) is 49.7 Å². The molecular weight excluding hydrogens is 587 g/mol. The summed E-state index contributed by atoms with van der Waals surface area (Å²) in [7, 11) is 0. The molecule has 0 unspecified atom stereocenters. The van der Waals surface area contributed by atoms with Gasteiger partial charge in [-0.15, -0.1) is 5.69 Å². The SMILES string of the molecule is CCCCN(CCCC)CC(=O)[N-]c1ccccc1C(=NCC(=O)O)c1cc(C(F)(F)F)cc(C(F)(F)F)c1.[Ni]. The van der Waals surface area contributed by atoms with E-state index in [-0.39, 0.29) is 40.4 Å². The first-order valence-electron chi connectivity index (χ1n) is 12.4. The second kappa shape index (κ2) is 15.8. The van der Waals surface area contributed by atoms with Crippen LogP contribution in [0, 0.1) is 0 Å². The first kappa shape index (κ1) is 35.1. The Kier molecular flexibility index (Phi) is 13.8. The van der Waals surface area contributed by atoms with Crippen LogP contribution in [-0.2, 0) is 38.4 Å². The van der Waals surface area contributed by atoms with Crippen molar-refractivity contribution < 1.29 is 57.5 Å². The molecule has 0 bridgehead atoms. The number of amides is 1. The van der Waals surface area contributed by atoms with Crippen molar-refractivity contribution in [2.75, 3.05) is 26.2 Å².